The molecule has 0 saturated heterocycles. The maximum atomic E-state index is 13.2. The quantitative estimate of drug-likeness (QED) is 0.470. The topological polar surface area (TPSA) is 66.4 Å². The summed E-state index contributed by atoms with van der Waals surface area (Å²) in [5, 5.41) is 15.9. The minimum absolute atomic E-state index is 0.327. The van der Waals surface area contributed by atoms with Crippen molar-refractivity contribution in [1.29, 1.82) is 0 Å². The standard InChI is InChI=1S/C25H21NO3/c27-24(26-22(25(28)29)15-14-17-8-2-1-3-9-17)23-20-12-6-4-10-18(20)16-19-11-5-7-13-21(19)23/h1-13,16,22H,14-15H2,(H,26,27)(H,28,29)/t22-/m1/s1. The number of hydrogen-bond acceptors (Lipinski definition) is 2. The van der Waals surface area contributed by atoms with Crippen molar-refractivity contribution in [3.8, 4) is 0 Å². The molecule has 29 heavy (non-hydrogen) atoms. The Balaban J connectivity index is 1.67. The molecule has 4 nitrogen and oxygen atoms in total. The third-order valence-corrected chi connectivity index (χ3v) is 5.17. The first-order chi connectivity index (χ1) is 14.1. The van der Waals surface area contributed by atoms with E-state index < -0.39 is 12.0 Å². The zero-order valence-corrected chi connectivity index (χ0v) is 15.8. The van der Waals surface area contributed by atoms with Gasteiger partial charge in [0.05, 0.1) is 5.56 Å². The molecule has 144 valence electrons. The van der Waals surface area contributed by atoms with Crippen molar-refractivity contribution in [1.82, 2.24) is 5.32 Å². The molecule has 2 N–H and O–H groups in total. The molecule has 4 heteroatoms. The Hall–Kier alpha value is -3.66. The third kappa shape index (κ3) is 3.97. The number of aliphatic carboxylic acids is 1. The molecule has 0 aliphatic heterocycles. The zero-order valence-electron chi connectivity index (χ0n) is 15.8. The summed E-state index contributed by atoms with van der Waals surface area (Å²) in [5.41, 5.74) is 1.56. The summed E-state index contributed by atoms with van der Waals surface area (Å²) in [6, 6.07) is 26.1. The monoisotopic (exact) mass is 383 g/mol. The number of carbonyl (C=O) groups excluding carboxylic acids is 1. The van der Waals surface area contributed by atoms with E-state index >= 15 is 0 Å². The first kappa shape index (κ1) is 18.7. The van der Waals surface area contributed by atoms with E-state index in [0.717, 1.165) is 27.1 Å². The highest BCUT2D eigenvalue weighted by atomic mass is 16.4. The molecule has 1 amide bonds. The number of aryl methyl sites for hydroxylation is 1. The van der Waals surface area contributed by atoms with Gasteiger partial charge in [0.15, 0.2) is 0 Å². The molecule has 4 aromatic carbocycles. The van der Waals surface area contributed by atoms with Gasteiger partial charge in [-0.2, -0.15) is 0 Å². The lowest BCUT2D eigenvalue weighted by atomic mass is 9.96. The summed E-state index contributed by atoms with van der Waals surface area (Å²) < 4.78 is 0. The van der Waals surface area contributed by atoms with Gasteiger partial charge in [0.2, 0.25) is 0 Å². The van der Waals surface area contributed by atoms with Crippen molar-refractivity contribution in [2.75, 3.05) is 0 Å². The first-order valence-corrected chi connectivity index (χ1v) is 9.61. The Morgan fingerprint density at radius 1 is 0.793 bits per heavy atom. The third-order valence-electron chi connectivity index (χ3n) is 5.17. The summed E-state index contributed by atoms with van der Waals surface area (Å²) >= 11 is 0. The predicted octanol–water partition coefficient (Wildman–Crippen LogP) is 4.81. The molecule has 0 aliphatic carbocycles. The van der Waals surface area contributed by atoms with Crippen LogP contribution in [0.5, 0.6) is 0 Å². The minimum Gasteiger partial charge on any atom is -0.480 e. The Morgan fingerprint density at radius 2 is 1.34 bits per heavy atom. The van der Waals surface area contributed by atoms with Crippen molar-refractivity contribution in [2.24, 2.45) is 0 Å². The van der Waals surface area contributed by atoms with Gasteiger partial charge in [-0.25, -0.2) is 4.79 Å². The zero-order chi connectivity index (χ0) is 20.2. The Labute approximate surface area is 168 Å². The summed E-state index contributed by atoms with van der Waals surface area (Å²) in [5.74, 6) is -1.39. The first-order valence-electron chi connectivity index (χ1n) is 9.61. The lowest BCUT2D eigenvalue weighted by Gasteiger charge is -2.17. The largest absolute Gasteiger partial charge is 0.480 e. The number of amides is 1. The Kier molecular flexibility index (Phi) is 5.25. The van der Waals surface area contributed by atoms with Crippen LogP contribution >= 0.6 is 0 Å². The molecule has 0 spiro atoms. The number of hydrogen-bond donors (Lipinski definition) is 2. The molecule has 0 aliphatic rings. The van der Waals surface area contributed by atoms with E-state index in [4.69, 9.17) is 0 Å². The van der Waals surface area contributed by atoms with E-state index in [1.165, 1.54) is 0 Å². The van der Waals surface area contributed by atoms with Crippen molar-refractivity contribution in [3.05, 3.63) is 96.1 Å². The van der Waals surface area contributed by atoms with Gasteiger partial charge < -0.3 is 10.4 Å². The number of carboxylic acid groups (broad SMARTS) is 1. The van der Waals surface area contributed by atoms with Gasteiger partial charge in [-0.05, 0) is 46.0 Å². The molecule has 0 radical (unpaired) electrons. The van der Waals surface area contributed by atoms with Crippen LogP contribution in [0.3, 0.4) is 0 Å². The van der Waals surface area contributed by atoms with Gasteiger partial charge in [-0.3, -0.25) is 4.79 Å². The van der Waals surface area contributed by atoms with Crippen LogP contribution in [-0.4, -0.2) is 23.0 Å². The summed E-state index contributed by atoms with van der Waals surface area (Å²) in [4.78, 5) is 25.0. The number of benzene rings is 4. The van der Waals surface area contributed by atoms with E-state index in [9.17, 15) is 14.7 Å². The van der Waals surface area contributed by atoms with Crippen molar-refractivity contribution in [2.45, 2.75) is 18.9 Å². The van der Waals surface area contributed by atoms with Gasteiger partial charge in [0.1, 0.15) is 6.04 Å². The van der Waals surface area contributed by atoms with Gasteiger partial charge in [-0.1, -0.05) is 78.9 Å². The summed E-state index contributed by atoms with van der Waals surface area (Å²) in [6.07, 6.45) is 0.905. The van der Waals surface area contributed by atoms with Gasteiger partial charge in [0.25, 0.3) is 5.91 Å². The van der Waals surface area contributed by atoms with Crippen LogP contribution in [0.2, 0.25) is 0 Å². The molecule has 0 heterocycles. The van der Waals surface area contributed by atoms with Gasteiger partial charge in [0, 0.05) is 0 Å². The van der Waals surface area contributed by atoms with Crippen LogP contribution in [0.1, 0.15) is 22.3 Å². The van der Waals surface area contributed by atoms with Crippen molar-refractivity contribution in [3.63, 3.8) is 0 Å². The highest BCUT2D eigenvalue weighted by molar-refractivity contribution is 6.18. The van der Waals surface area contributed by atoms with Gasteiger partial charge >= 0.3 is 5.97 Å². The summed E-state index contributed by atoms with van der Waals surface area (Å²) in [7, 11) is 0. The second kappa shape index (κ2) is 8.15. The fourth-order valence-corrected chi connectivity index (χ4v) is 3.70. The number of rotatable bonds is 6. The highest BCUT2D eigenvalue weighted by Crippen LogP contribution is 2.28. The maximum absolute atomic E-state index is 13.2. The molecule has 4 aromatic rings. The Bertz CT molecular complexity index is 1130. The number of fused-ring (bicyclic) bond motifs is 2. The normalized spacial score (nSPS) is 12.0. The highest BCUT2D eigenvalue weighted by Gasteiger charge is 2.23. The lowest BCUT2D eigenvalue weighted by molar-refractivity contribution is -0.139. The molecular weight excluding hydrogens is 362 g/mol. The smallest absolute Gasteiger partial charge is 0.326 e. The summed E-state index contributed by atoms with van der Waals surface area (Å²) in [6.45, 7) is 0. The molecular formula is C25H21NO3. The van der Waals surface area contributed by atoms with Crippen molar-refractivity contribution < 1.29 is 14.7 Å². The average molecular weight is 383 g/mol. The van der Waals surface area contributed by atoms with E-state index in [0.29, 0.717) is 18.4 Å². The van der Waals surface area contributed by atoms with Crippen LogP contribution in [-0.2, 0) is 11.2 Å². The maximum Gasteiger partial charge on any atom is 0.326 e. The molecule has 0 fully saturated rings. The molecule has 1 atom stereocenters. The lowest BCUT2D eigenvalue weighted by Crippen LogP contribution is -2.41. The number of carboxylic acids is 1. The second-order valence-corrected chi connectivity index (χ2v) is 7.08. The van der Waals surface area contributed by atoms with Crippen LogP contribution < -0.4 is 5.32 Å². The second-order valence-electron chi connectivity index (χ2n) is 7.08. The minimum atomic E-state index is -1.03. The van der Waals surface area contributed by atoms with E-state index in [1.54, 1.807) is 0 Å². The molecule has 4 rings (SSSR count). The molecule has 0 saturated carbocycles. The fraction of sp³-hybridized carbons (Fsp3) is 0.120. The number of carbonyl (C=O) groups is 2. The van der Waals surface area contributed by atoms with Gasteiger partial charge in [-0.15, -0.1) is 0 Å². The average Bonchev–Trinajstić information content (AvgIpc) is 2.75. The molecule has 0 aromatic heterocycles. The SMILES string of the molecule is O=C(N[C@H](CCc1ccccc1)C(=O)O)c1c2ccccc2cc2ccccc12. The molecule has 0 unspecified atom stereocenters. The van der Waals surface area contributed by atoms with E-state index in [2.05, 4.69) is 5.32 Å². The fourth-order valence-electron chi connectivity index (χ4n) is 3.70. The van der Waals surface area contributed by atoms with Crippen LogP contribution in [0.25, 0.3) is 21.5 Å². The molecule has 0 bridgehead atoms. The van der Waals surface area contributed by atoms with Crippen molar-refractivity contribution >= 4 is 33.4 Å². The van der Waals surface area contributed by atoms with Crippen LogP contribution in [0.4, 0.5) is 0 Å². The van der Waals surface area contributed by atoms with E-state index in [1.807, 2.05) is 84.9 Å². The van der Waals surface area contributed by atoms with Crippen LogP contribution in [0, 0.1) is 0 Å². The Morgan fingerprint density at radius 3 is 1.93 bits per heavy atom. The number of nitrogens with one attached hydrogen (secondary N) is 1. The van der Waals surface area contributed by atoms with Crippen LogP contribution in [0.15, 0.2) is 84.9 Å². The van der Waals surface area contributed by atoms with E-state index in [-0.39, 0.29) is 5.91 Å². The predicted molar refractivity (Wildman–Crippen MR) is 115 cm³/mol.